The van der Waals surface area contributed by atoms with E-state index < -0.39 is 0 Å². The minimum absolute atomic E-state index is 0.694. The third kappa shape index (κ3) is 17.9. The minimum atomic E-state index is 0.694. The molecule has 0 heterocycles. The summed E-state index contributed by atoms with van der Waals surface area (Å²) in [4.78, 5) is 0. The molecule has 0 nitrogen and oxygen atoms in total. The van der Waals surface area contributed by atoms with Gasteiger partial charge in [0.1, 0.15) is 0 Å². The Labute approximate surface area is 93.5 Å². The predicted octanol–water partition coefficient (Wildman–Crippen LogP) is 6.06. The summed E-state index contributed by atoms with van der Waals surface area (Å²) in [5.41, 5.74) is 0.694. The van der Waals surface area contributed by atoms with Crippen LogP contribution in [-0.2, 0) is 0 Å². The fourth-order valence-corrected chi connectivity index (χ4v) is 1.33. The van der Waals surface area contributed by atoms with Crippen molar-refractivity contribution < 1.29 is 0 Å². The monoisotopic (exact) mass is 202 g/mol. The van der Waals surface area contributed by atoms with Crippen LogP contribution in [0.25, 0.3) is 0 Å². The van der Waals surface area contributed by atoms with Crippen LogP contribution in [-0.4, -0.2) is 0 Å². The standard InChI is InChI=1S/C7H14.C3H8.2C2H6/c1-7(2)5-3-4-6-7;1-3-2;2*1-2/h3-6H2,1-2H3;3H2,1-2H3;2*1-2H3. The van der Waals surface area contributed by atoms with Crippen LogP contribution in [0.1, 0.15) is 87.5 Å². The summed E-state index contributed by atoms with van der Waals surface area (Å²) in [6.07, 6.45) is 7.08. The maximum absolute atomic E-state index is 2.36. The zero-order chi connectivity index (χ0) is 12.0. The largest absolute Gasteiger partial charge is 0.0683 e. The maximum atomic E-state index is 2.36. The van der Waals surface area contributed by atoms with E-state index in [1.54, 1.807) is 0 Å². The Morgan fingerprint density at radius 3 is 1.07 bits per heavy atom. The Kier molecular flexibility index (Phi) is 21.6. The van der Waals surface area contributed by atoms with E-state index >= 15 is 0 Å². The summed E-state index contributed by atoms with van der Waals surface area (Å²) >= 11 is 0. The van der Waals surface area contributed by atoms with Gasteiger partial charge >= 0.3 is 0 Å². The fourth-order valence-electron chi connectivity index (χ4n) is 1.33. The van der Waals surface area contributed by atoms with Gasteiger partial charge in [-0.1, -0.05) is 74.7 Å². The topological polar surface area (TPSA) is 0 Å². The molecule has 0 unspecified atom stereocenters. The molecule has 0 aromatic carbocycles. The zero-order valence-electron chi connectivity index (χ0n) is 12.0. The molecule has 1 rings (SSSR count). The first-order valence-electron chi connectivity index (χ1n) is 6.62. The van der Waals surface area contributed by atoms with E-state index in [-0.39, 0.29) is 0 Å². The van der Waals surface area contributed by atoms with Gasteiger partial charge in [-0.15, -0.1) is 0 Å². The van der Waals surface area contributed by atoms with Crippen LogP contribution in [0.2, 0.25) is 0 Å². The molecule has 1 fully saturated rings. The van der Waals surface area contributed by atoms with Crippen LogP contribution in [0.15, 0.2) is 0 Å². The van der Waals surface area contributed by atoms with Gasteiger partial charge in [0.25, 0.3) is 0 Å². The van der Waals surface area contributed by atoms with Gasteiger partial charge in [-0.3, -0.25) is 0 Å². The van der Waals surface area contributed by atoms with E-state index in [9.17, 15) is 0 Å². The molecule has 0 heteroatoms. The highest BCUT2D eigenvalue weighted by Crippen LogP contribution is 2.36. The average molecular weight is 202 g/mol. The second-order valence-electron chi connectivity index (χ2n) is 4.08. The first-order chi connectivity index (χ1) is 6.62. The molecular weight excluding hydrogens is 168 g/mol. The molecule has 90 valence electrons. The summed E-state index contributed by atoms with van der Waals surface area (Å²) in [6.45, 7) is 17.0. The normalized spacial score (nSPS) is 16.3. The van der Waals surface area contributed by atoms with Crippen LogP contribution >= 0.6 is 0 Å². The molecule has 0 atom stereocenters. The van der Waals surface area contributed by atoms with Crippen molar-refractivity contribution in [2.45, 2.75) is 87.5 Å². The van der Waals surface area contributed by atoms with E-state index in [0.29, 0.717) is 5.41 Å². The molecule has 1 aliphatic carbocycles. The Hall–Kier alpha value is 0. The predicted molar refractivity (Wildman–Crippen MR) is 70.9 cm³/mol. The molecule has 0 spiro atoms. The lowest BCUT2D eigenvalue weighted by Gasteiger charge is -2.13. The van der Waals surface area contributed by atoms with Gasteiger partial charge in [0.15, 0.2) is 0 Å². The van der Waals surface area contributed by atoms with Gasteiger partial charge in [-0.25, -0.2) is 0 Å². The van der Waals surface area contributed by atoms with E-state index in [1.165, 1.54) is 32.1 Å². The van der Waals surface area contributed by atoms with Crippen molar-refractivity contribution in [1.82, 2.24) is 0 Å². The van der Waals surface area contributed by atoms with E-state index in [4.69, 9.17) is 0 Å². The fraction of sp³-hybridized carbons (Fsp3) is 1.00. The van der Waals surface area contributed by atoms with Gasteiger partial charge in [0.2, 0.25) is 0 Å². The molecule has 0 aromatic heterocycles. The Morgan fingerprint density at radius 2 is 1.00 bits per heavy atom. The van der Waals surface area contributed by atoms with Crippen LogP contribution in [0.4, 0.5) is 0 Å². The molecule has 1 saturated carbocycles. The summed E-state index contributed by atoms with van der Waals surface area (Å²) in [6, 6.07) is 0. The molecule has 0 bridgehead atoms. The number of hydrogen-bond acceptors (Lipinski definition) is 0. The Morgan fingerprint density at radius 1 is 0.786 bits per heavy atom. The molecule has 0 amide bonds. The number of hydrogen-bond donors (Lipinski definition) is 0. The van der Waals surface area contributed by atoms with Gasteiger partial charge in [-0.05, 0) is 18.3 Å². The molecule has 1 aliphatic rings. The van der Waals surface area contributed by atoms with Crippen molar-refractivity contribution in [3.63, 3.8) is 0 Å². The SMILES string of the molecule is CC.CC.CC1(C)CCCC1.CCC. The second-order valence-corrected chi connectivity index (χ2v) is 4.08. The minimum Gasteiger partial charge on any atom is -0.0683 e. The Bertz CT molecular complexity index is 64.1. The smallest absolute Gasteiger partial charge is 0.0354 e. The molecule has 0 saturated heterocycles. The van der Waals surface area contributed by atoms with Crippen molar-refractivity contribution >= 4 is 0 Å². The molecule has 0 radical (unpaired) electrons. The molecule has 0 N–H and O–H groups in total. The average Bonchev–Trinajstić information content (AvgIpc) is 2.58. The molecule has 14 heavy (non-hydrogen) atoms. The van der Waals surface area contributed by atoms with Gasteiger partial charge < -0.3 is 0 Å². The van der Waals surface area contributed by atoms with Crippen molar-refractivity contribution in [3.05, 3.63) is 0 Å². The summed E-state index contributed by atoms with van der Waals surface area (Å²) < 4.78 is 0. The highest BCUT2D eigenvalue weighted by molar-refractivity contribution is 4.74. The van der Waals surface area contributed by atoms with Crippen molar-refractivity contribution in [2.75, 3.05) is 0 Å². The highest BCUT2D eigenvalue weighted by atomic mass is 14.3. The lowest BCUT2D eigenvalue weighted by atomic mass is 9.92. The second kappa shape index (κ2) is 15.5. The third-order valence-corrected chi connectivity index (χ3v) is 1.96. The van der Waals surface area contributed by atoms with Crippen LogP contribution in [0, 0.1) is 5.41 Å². The summed E-state index contributed by atoms with van der Waals surface area (Å²) in [7, 11) is 0. The Balaban J connectivity index is -0.000000148. The van der Waals surface area contributed by atoms with Gasteiger partial charge in [0.05, 0.1) is 0 Å². The van der Waals surface area contributed by atoms with Crippen molar-refractivity contribution in [2.24, 2.45) is 5.41 Å². The van der Waals surface area contributed by atoms with E-state index in [1.807, 2.05) is 27.7 Å². The van der Waals surface area contributed by atoms with Crippen molar-refractivity contribution in [1.29, 1.82) is 0 Å². The quantitative estimate of drug-likeness (QED) is 0.448. The lowest BCUT2D eigenvalue weighted by Crippen LogP contribution is -2.01. The molecular formula is C14H34. The van der Waals surface area contributed by atoms with Crippen molar-refractivity contribution in [3.8, 4) is 0 Å². The van der Waals surface area contributed by atoms with Crippen LogP contribution in [0.3, 0.4) is 0 Å². The van der Waals surface area contributed by atoms with Gasteiger partial charge in [-0.2, -0.15) is 0 Å². The first-order valence-corrected chi connectivity index (χ1v) is 6.62. The lowest BCUT2D eigenvalue weighted by molar-refractivity contribution is 0.382. The summed E-state index contributed by atoms with van der Waals surface area (Å²) in [5.74, 6) is 0. The van der Waals surface area contributed by atoms with E-state index in [2.05, 4.69) is 27.7 Å². The maximum Gasteiger partial charge on any atom is -0.0354 e. The van der Waals surface area contributed by atoms with Crippen LogP contribution in [0.5, 0.6) is 0 Å². The third-order valence-electron chi connectivity index (χ3n) is 1.96. The highest BCUT2D eigenvalue weighted by Gasteiger charge is 2.21. The van der Waals surface area contributed by atoms with Crippen LogP contribution < -0.4 is 0 Å². The zero-order valence-corrected chi connectivity index (χ0v) is 12.0. The van der Waals surface area contributed by atoms with E-state index in [0.717, 1.165) is 0 Å². The molecule has 0 aliphatic heterocycles. The molecule has 0 aromatic rings. The number of rotatable bonds is 0. The van der Waals surface area contributed by atoms with Gasteiger partial charge in [0, 0.05) is 0 Å². The summed E-state index contributed by atoms with van der Waals surface area (Å²) in [5, 5.41) is 0. The first kappa shape index (κ1) is 19.6.